The number of halogens is 2. The Bertz CT molecular complexity index is 559. The molecule has 0 radical (unpaired) electrons. The summed E-state index contributed by atoms with van der Waals surface area (Å²) in [4.78, 5) is 4.19. The van der Waals surface area contributed by atoms with Crippen molar-refractivity contribution >= 4 is 0 Å². The van der Waals surface area contributed by atoms with E-state index in [-0.39, 0.29) is 11.4 Å². The van der Waals surface area contributed by atoms with Gasteiger partial charge in [0.1, 0.15) is 11.6 Å². The van der Waals surface area contributed by atoms with Gasteiger partial charge in [0.2, 0.25) is 11.7 Å². The highest BCUT2D eigenvalue weighted by Gasteiger charge is 2.30. The van der Waals surface area contributed by atoms with Crippen molar-refractivity contribution in [1.29, 1.82) is 0 Å². The van der Waals surface area contributed by atoms with Crippen molar-refractivity contribution in [2.75, 3.05) is 6.54 Å². The molecule has 6 heteroatoms. The summed E-state index contributed by atoms with van der Waals surface area (Å²) in [5.41, 5.74) is 5.50. The highest BCUT2D eigenvalue weighted by atomic mass is 19.1. The molecule has 0 aliphatic rings. The van der Waals surface area contributed by atoms with Crippen LogP contribution in [0.15, 0.2) is 22.7 Å². The third kappa shape index (κ3) is 2.63. The summed E-state index contributed by atoms with van der Waals surface area (Å²) < 4.78 is 31.4. The van der Waals surface area contributed by atoms with E-state index in [1.807, 2.05) is 13.8 Å². The first-order valence-corrected chi connectivity index (χ1v) is 5.99. The van der Waals surface area contributed by atoms with Gasteiger partial charge in [0.05, 0.1) is 5.41 Å². The third-order valence-corrected chi connectivity index (χ3v) is 3.29. The summed E-state index contributed by atoms with van der Waals surface area (Å²) in [6, 6.07) is 3.10. The second-order valence-electron chi connectivity index (χ2n) is 4.70. The zero-order chi connectivity index (χ0) is 14.0. The normalized spacial score (nSPS) is 14.4. The van der Waals surface area contributed by atoms with E-state index in [0.717, 1.165) is 24.6 Å². The Morgan fingerprint density at radius 3 is 2.42 bits per heavy atom. The minimum absolute atomic E-state index is 0.154. The van der Waals surface area contributed by atoms with Crippen LogP contribution in [-0.2, 0) is 5.41 Å². The van der Waals surface area contributed by atoms with Gasteiger partial charge >= 0.3 is 0 Å². The van der Waals surface area contributed by atoms with E-state index in [4.69, 9.17) is 10.3 Å². The van der Waals surface area contributed by atoms with Crippen molar-refractivity contribution in [3.05, 3.63) is 35.7 Å². The standard InChI is InChI=1S/C13H15F2N3O/c1-3-13(2,7-16)12-17-11(18-19-12)8-4-9(14)6-10(15)5-8/h4-6H,3,7,16H2,1-2H3. The number of benzene rings is 1. The van der Waals surface area contributed by atoms with Gasteiger partial charge < -0.3 is 10.3 Å². The quantitative estimate of drug-likeness (QED) is 0.924. The number of nitrogens with zero attached hydrogens (tertiary/aromatic N) is 2. The second-order valence-corrected chi connectivity index (χ2v) is 4.70. The second kappa shape index (κ2) is 5.05. The summed E-state index contributed by atoms with van der Waals surface area (Å²) in [7, 11) is 0. The van der Waals surface area contributed by atoms with E-state index in [0.29, 0.717) is 12.4 Å². The molecule has 2 aromatic rings. The van der Waals surface area contributed by atoms with Crippen LogP contribution >= 0.6 is 0 Å². The lowest BCUT2D eigenvalue weighted by Crippen LogP contribution is -2.31. The molecule has 1 aromatic heterocycles. The maximum atomic E-state index is 13.1. The van der Waals surface area contributed by atoms with Crippen molar-refractivity contribution < 1.29 is 13.3 Å². The smallest absolute Gasteiger partial charge is 0.234 e. The fourth-order valence-electron chi connectivity index (χ4n) is 1.65. The summed E-state index contributed by atoms with van der Waals surface area (Å²) in [5.74, 6) is -0.837. The number of hydrogen-bond donors (Lipinski definition) is 1. The van der Waals surface area contributed by atoms with Gasteiger partial charge in [-0.2, -0.15) is 4.98 Å². The van der Waals surface area contributed by atoms with Gasteiger partial charge in [0.25, 0.3) is 0 Å². The molecular weight excluding hydrogens is 252 g/mol. The van der Waals surface area contributed by atoms with Crippen LogP contribution in [0.1, 0.15) is 26.2 Å². The molecule has 0 aliphatic heterocycles. The van der Waals surface area contributed by atoms with Crippen molar-refractivity contribution in [3.63, 3.8) is 0 Å². The summed E-state index contributed by atoms with van der Waals surface area (Å²) >= 11 is 0. The van der Waals surface area contributed by atoms with E-state index >= 15 is 0 Å². The van der Waals surface area contributed by atoms with Gasteiger partial charge in [-0.25, -0.2) is 8.78 Å². The van der Waals surface area contributed by atoms with Gasteiger partial charge in [0, 0.05) is 18.2 Å². The van der Waals surface area contributed by atoms with E-state index in [1.165, 1.54) is 0 Å². The van der Waals surface area contributed by atoms with Crippen LogP contribution in [0, 0.1) is 11.6 Å². The molecule has 0 fully saturated rings. The first kappa shape index (κ1) is 13.6. The summed E-state index contributed by atoms with van der Waals surface area (Å²) in [6.45, 7) is 4.21. The van der Waals surface area contributed by atoms with Crippen molar-refractivity contribution in [2.45, 2.75) is 25.7 Å². The molecule has 0 spiro atoms. The van der Waals surface area contributed by atoms with Crippen LogP contribution in [-0.4, -0.2) is 16.7 Å². The molecule has 102 valence electrons. The zero-order valence-corrected chi connectivity index (χ0v) is 10.8. The Morgan fingerprint density at radius 1 is 1.26 bits per heavy atom. The predicted octanol–water partition coefficient (Wildman–Crippen LogP) is 2.64. The summed E-state index contributed by atoms with van der Waals surface area (Å²) in [6.07, 6.45) is 0.725. The lowest BCUT2D eigenvalue weighted by molar-refractivity contribution is 0.291. The number of aromatic nitrogens is 2. The number of rotatable bonds is 4. The Morgan fingerprint density at radius 2 is 1.89 bits per heavy atom. The lowest BCUT2D eigenvalue weighted by atomic mass is 9.88. The van der Waals surface area contributed by atoms with Gasteiger partial charge in [-0.05, 0) is 25.5 Å². The van der Waals surface area contributed by atoms with Crippen molar-refractivity contribution in [1.82, 2.24) is 10.1 Å². The highest BCUT2D eigenvalue weighted by Crippen LogP contribution is 2.27. The molecule has 0 bridgehead atoms. The van der Waals surface area contributed by atoms with Crippen LogP contribution in [0.25, 0.3) is 11.4 Å². The molecule has 2 N–H and O–H groups in total. The maximum absolute atomic E-state index is 13.1. The minimum atomic E-state index is -0.682. The first-order chi connectivity index (χ1) is 8.98. The van der Waals surface area contributed by atoms with Gasteiger partial charge in [0.15, 0.2) is 0 Å². The molecule has 2 rings (SSSR count). The van der Waals surface area contributed by atoms with E-state index in [1.54, 1.807) is 0 Å². The van der Waals surface area contributed by atoms with Gasteiger partial charge in [-0.15, -0.1) is 0 Å². The predicted molar refractivity (Wildman–Crippen MR) is 66.3 cm³/mol. The fraction of sp³-hybridized carbons (Fsp3) is 0.385. The molecule has 0 saturated carbocycles. The van der Waals surface area contributed by atoms with E-state index in [9.17, 15) is 8.78 Å². The van der Waals surface area contributed by atoms with Crippen LogP contribution in [0.2, 0.25) is 0 Å². The van der Waals surface area contributed by atoms with Crippen molar-refractivity contribution in [3.8, 4) is 11.4 Å². The largest absolute Gasteiger partial charge is 0.338 e. The fourth-order valence-corrected chi connectivity index (χ4v) is 1.65. The molecular formula is C13H15F2N3O. The van der Waals surface area contributed by atoms with Crippen molar-refractivity contribution in [2.24, 2.45) is 5.73 Å². The van der Waals surface area contributed by atoms with Crippen LogP contribution in [0.4, 0.5) is 8.78 Å². The number of hydrogen-bond acceptors (Lipinski definition) is 4. The minimum Gasteiger partial charge on any atom is -0.338 e. The van der Waals surface area contributed by atoms with Crippen LogP contribution in [0.3, 0.4) is 0 Å². The molecule has 1 unspecified atom stereocenters. The molecule has 1 aromatic carbocycles. The third-order valence-electron chi connectivity index (χ3n) is 3.29. The maximum Gasteiger partial charge on any atom is 0.234 e. The molecule has 0 amide bonds. The Labute approximate surface area is 109 Å². The topological polar surface area (TPSA) is 64.9 Å². The zero-order valence-electron chi connectivity index (χ0n) is 10.8. The molecule has 0 saturated heterocycles. The molecule has 19 heavy (non-hydrogen) atoms. The number of nitrogens with two attached hydrogens (primary N) is 1. The average molecular weight is 267 g/mol. The summed E-state index contributed by atoms with van der Waals surface area (Å²) in [5, 5.41) is 3.76. The first-order valence-electron chi connectivity index (χ1n) is 5.99. The lowest BCUT2D eigenvalue weighted by Gasteiger charge is -2.20. The molecule has 1 atom stereocenters. The Hall–Kier alpha value is -1.82. The highest BCUT2D eigenvalue weighted by molar-refractivity contribution is 5.54. The molecule has 1 heterocycles. The average Bonchev–Trinajstić information content (AvgIpc) is 2.87. The van der Waals surface area contributed by atoms with Crippen LogP contribution < -0.4 is 5.73 Å². The van der Waals surface area contributed by atoms with E-state index in [2.05, 4.69) is 10.1 Å². The van der Waals surface area contributed by atoms with E-state index < -0.39 is 17.0 Å². The Kier molecular flexibility index (Phi) is 3.61. The van der Waals surface area contributed by atoms with Crippen LogP contribution in [0.5, 0.6) is 0 Å². The van der Waals surface area contributed by atoms with Gasteiger partial charge in [-0.3, -0.25) is 0 Å². The monoisotopic (exact) mass is 267 g/mol. The Balaban J connectivity index is 2.40. The SMILES string of the molecule is CCC(C)(CN)c1nc(-c2cc(F)cc(F)c2)no1. The van der Waals surface area contributed by atoms with Gasteiger partial charge in [-0.1, -0.05) is 12.1 Å². The molecule has 0 aliphatic carbocycles. The molecule has 4 nitrogen and oxygen atoms in total.